The zero-order valence-corrected chi connectivity index (χ0v) is 15.2. The zero-order chi connectivity index (χ0) is 17.9. The maximum absolute atomic E-state index is 12.4. The lowest BCUT2D eigenvalue weighted by Crippen LogP contribution is -2.40. The summed E-state index contributed by atoms with van der Waals surface area (Å²) in [5.41, 5.74) is 1.60. The number of carbonyl (C=O) groups is 2. The molecule has 1 heterocycles. The van der Waals surface area contributed by atoms with Crippen molar-refractivity contribution in [2.45, 2.75) is 33.6 Å². The Morgan fingerprint density at radius 2 is 1.75 bits per heavy atom. The maximum Gasteiger partial charge on any atom is 0.261 e. The summed E-state index contributed by atoms with van der Waals surface area (Å²) in [6, 6.07) is 5.07. The van der Waals surface area contributed by atoms with Crippen molar-refractivity contribution in [1.82, 2.24) is 9.21 Å². The fourth-order valence-corrected chi connectivity index (χ4v) is 4.24. The van der Waals surface area contributed by atoms with E-state index in [9.17, 15) is 18.0 Å². The number of carbonyl (C=O) groups excluding carboxylic acids is 2. The molecular formula is C17H24N2O4S. The standard InChI is InChI=1S/C17H24N2O4S/c1-4-6-9-18(5-2)24(22,23)11-10-19-16(20)14-8-7-13(3)12-15(14)17(19)21/h7-8,12H,4-6,9-11H2,1-3H3. The summed E-state index contributed by atoms with van der Waals surface area (Å²) >= 11 is 0. The maximum atomic E-state index is 12.4. The van der Waals surface area contributed by atoms with Crippen LogP contribution in [-0.2, 0) is 10.0 Å². The second-order valence-corrected chi connectivity index (χ2v) is 8.06. The number of sulfonamides is 1. The summed E-state index contributed by atoms with van der Waals surface area (Å²) in [6.07, 6.45) is 1.70. The van der Waals surface area contributed by atoms with Crippen LogP contribution in [0, 0.1) is 6.92 Å². The molecule has 0 aromatic heterocycles. The van der Waals surface area contributed by atoms with Crippen molar-refractivity contribution in [2.24, 2.45) is 0 Å². The van der Waals surface area contributed by atoms with Gasteiger partial charge in [-0.3, -0.25) is 14.5 Å². The van der Waals surface area contributed by atoms with Gasteiger partial charge in [-0.05, 0) is 25.5 Å². The van der Waals surface area contributed by atoms with Crippen LogP contribution in [0.3, 0.4) is 0 Å². The van der Waals surface area contributed by atoms with Crippen LogP contribution in [0.2, 0.25) is 0 Å². The molecule has 7 heteroatoms. The molecule has 0 fully saturated rings. The van der Waals surface area contributed by atoms with Crippen LogP contribution in [-0.4, -0.2) is 54.8 Å². The number of amides is 2. The molecule has 1 aromatic rings. The normalized spacial score (nSPS) is 14.6. The number of rotatable bonds is 8. The van der Waals surface area contributed by atoms with E-state index < -0.39 is 21.8 Å². The van der Waals surface area contributed by atoms with E-state index in [0.717, 1.165) is 23.3 Å². The third-order valence-electron chi connectivity index (χ3n) is 4.21. The smallest absolute Gasteiger partial charge is 0.261 e. The minimum Gasteiger partial charge on any atom is -0.273 e. The molecule has 0 spiro atoms. The Morgan fingerprint density at radius 1 is 1.08 bits per heavy atom. The lowest BCUT2D eigenvalue weighted by atomic mass is 10.1. The average Bonchev–Trinajstić information content (AvgIpc) is 2.77. The van der Waals surface area contributed by atoms with Gasteiger partial charge in [0.1, 0.15) is 0 Å². The molecule has 1 aromatic carbocycles. The molecular weight excluding hydrogens is 328 g/mol. The van der Waals surface area contributed by atoms with Crippen LogP contribution < -0.4 is 0 Å². The number of fused-ring (bicyclic) bond motifs is 1. The Morgan fingerprint density at radius 3 is 2.38 bits per heavy atom. The van der Waals surface area contributed by atoms with E-state index in [-0.39, 0.29) is 12.3 Å². The van der Waals surface area contributed by atoms with Gasteiger partial charge in [-0.1, -0.05) is 31.9 Å². The number of unbranched alkanes of at least 4 members (excludes halogenated alkanes) is 1. The van der Waals surface area contributed by atoms with E-state index in [2.05, 4.69) is 0 Å². The van der Waals surface area contributed by atoms with Gasteiger partial charge in [0.25, 0.3) is 11.8 Å². The van der Waals surface area contributed by atoms with Crippen LogP contribution in [0.1, 0.15) is 53.0 Å². The first-order valence-electron chi connectivity index (χ1n) is 8.26. The Kier molecular flexibility index (Phi) is 5.77. The molecule has 1 aliphatic heterocycles. The van der Waals surface area contributed by atoms with Crippen molar-refractivity contribution in [1.29, 1.82) is 0 Å². The third kappa shape index (κ3) is 3.67. The number of nitrogens with zero attached hydrogens (tertiary/aromatic N) is 2. The molecule has 132 valence electrons. The van der Waals surface area contributed by atoms with Gasteiger partial charge in [-0.2, -0.15) is 0 Å². The van der Waals surface area contributed by atoms with Crippen molar-refractivity contribution < 1.29 is 18.0 Å². The van der Waals surface area contributed by atoms with E-state index >= 15 is 0 Å². The molecule has 0 N–H and O–H groups in total. The minimum atomic E-state index is -3.49. The van der Waals surface area contributed by atoms with Crippen LogP contribution in [0.15, 0.2) is 18.2 Å². The predicted molar refractivity (Wildman–Crippen MR) is 92.5 cm³/mol. The van der Waals surface area contributed by atoms with E-state index in [1.54, 1.807) is 25.1 Å². The average molecular weight is 352 g/mol. The number of hydrogen-bond acceptors (Lipinski definition) is 4. The Balaban J connectivity index is 2.10. The molecule has 2 amide bonds. The lowest BCUT2D eigenvalue weighted by Gasteiger charge is -2.22. The van der Waals surface area contributed by atoms with Crippen LogP contribution in [0.4, 0.5) is 0 Å². The van der Waals surface area contributed by atoms with Gasteiger partial charge in [-0.25, -0.2) is 12.7 Å². The highest BCUT2D eigenvalue weighted by molar-refractivity contribution is 7.89. The largest absolute Gasteiger partial charge is 0.273 e. The van der Waals surface area contributed by atoms with E-state index in [1.807, 2.05) is 13.8 Å². The van der Waals surface area contributed by atoms with Gasteiger partial charge < -0.3 is 0 Å². The fraction of sp³-hybridized carbons (Fsp3) is 0.529. The fourth-order valence-electron chi connectivity index (χ4n) is 2.77. The molecule has 2 rings (SSSR count). The van der Waals surface area contributed by atoms with Gasteiger partial charge in [0.15, 0.2) is 0 Å². The van der Waals surface area contributed by atoms with Gasteiger partial charge in [0.05, 0.1) is 16.9 Å². The molecule has 0 bridgehead atoms. The van der Waals surface area contributed by atoms with Crippen LogP contribution in [0.25, 0.3) is 0 Å². The van der Waals surface area contributed by atoms with Crippen molar-refractivity contribution in [3.63, 3.8) is 0 Å². The van der Waals surface area contributed by atoms with Gasteiger partial charge >= 0.3 is 0 Å². The van der Waals surface area contributed by atoms with Crippen molar-refractivity contribution in [2.75, 3.05) is 25.4 Å². The number of aryl methyl sites for hydroxylation is 1. The first kappa shape index (κ1) is 18.6. The SMILES string of the molecule is CCCCN(CC)S(=O)(=O)CCN1C(=O)c2ccc(C)cc2C1=O. The number of hydrogen-bond donors (Lipinski definition) is 0. The Hall–Kier alpha value is -1.73. The molecule has 0 saturated heterocycles. The second kappa shape index (κ2) is 7.44. The van der Waals surface area contributed by atoms with Crippen molar-refractivity contribution in [3.8, 4) is 0 Å². The Bertz CT molecular complexity index is 743. The molecule has 0 saturated carbocycles. The minimum absolute atomic E-state index is 0.115. The molecule has 24 heavy (non-hydrogen) atoms. The summed E-state index contributed by atoms with van der Waals surface area (Å²) in [6.45, 7) is 6.38. The molecule has 6 nitrogen and oxygen atoms in total. The molecule has 0 radical (unpaired) electrons. The zero-order valence-electron chi connectivity index (χ0n) is 14.4. The number of imide groups is 1. The third-order valence-corrected chi connectivity index (χ3v) is 6.13. The quantitative estimate of drug-likeness (QED) is 0.671. The van der Waals surface area contributed by atoms with Crippen molar-refractivity contribution >= 4 is 21.8 Å². The van der Waals surface area contributed by atoms with Gasteiger partial charge in [-0.15, -0.1) is 0 Å². The topological polar surface area (TPSA) is 74.8 Å². The molecule has 0 unspecified atom stereocenters. The molecule has 0 atom stereocenters. The second-order valence-electron chi connectivity index (χ2n) is 5.97. The highest BCUT2D eigenvalue weighted by atomic mass is 32.2. The number of benzene rings is 1. The van der Waals surface area contributed by atoms with Crippen molar-refractivity contribution in [3.05, 3.63) is 34.9 Å². The summed E-state index contributed by atoms with van der Waals surface area (Å²) in [5.74, 6) is -1.07. The summed E-state index contributed by atoms with van der Waals surface area (Å²) < 4.78 is 26.3. The highest BCUT2D eigenvalue weighted by Gasteiger charge is 2.36. The van der Waals surface area contributed by atoms with E-state index in [4.69, 9.17) is 0 Å². The van der Waals surface area contributed by atoms with Gasteiger partial charge in [0.2, 0.25) is 10.0 Å². The van der Waals surface area contributed by atoms with Crippen LogP contribution >= 0.6 is 0 Å². The highest BCUT2D eigenvalue weighted by Crippen LogP contribution is 2.23. The van der Waals surface area contributed by atoms with Crippen LogP contribution in [0.5, 0.6) is 0 Å². The predicted octanol–water partition coefficient (Wildman–Crippen LogP) is 2.04. The summed E-state index contributed by atoms with van der Waals surface area (Å²) in [7, 11) is -3.49. The summed E-state index contributed by atoms with van der Waals surface area (Å²) in [4.78, 5) is 25.8. The molecule has 1 aliphatic rings. The Labute approximate surface area is 143 Å². The lowest BCUT2D eigenvalue weighted by molar-refractivity contribution is 0.0664. The molecule has 0 aliphatic carbocycles. The van der Waals surface area contributed by atoms with E-state index in [0.29, 0.717) is 24.2 Å². The monoisotopic (exact) mass is 352 g/mol. The summed E-state index contributed by atoms with van der Waals surface area (Å²) in [5, 5.41) is 0. The first-order chi connectivity index (χ1) is 11.3. The van der Waals surface area contributed by atoms with Gasteiger partial charge in [0, 0.05) is 19.6 Å². The first-order valence-corrected chi connectivity index (χ1v) is 9.87. The van der Waals surface area contributed by atoms with E-state index in [1.165, 1.54) is 4.31 Å².